The van der Waals surface area contributed by atoms with Gasteiger partial charge in [-0.25, -0.2) is 0 Å². The van der Waals surface area contributed by atoms with Crippen molar-refractivity contribution in [3.05, 3.63) is 47.9 Å². The fraction of sp³-hybridized carbons (Fsp3) is 0.450. The van der Waals surface area contributed by atoms with Gasteiger partial charge < -0.3 is 4.98 Å². The molecule has 1 fully saturated rings. The summed E-state index contributed by atoms with van der Waals surface area (Å²) in [4.78, 5) is 4.66. The van der Waals surface area contributed by atoms with Gasteiger partial charge in [0.05, 0.1) is 8.07 Å². The maximum Gasteiger partial charge on any atom is 0.0798 e. The molecule has 24 heavy (non-hydrogen) atoms. The molecule has 1 heterocycles. The van der Waals surface area contributed by atoms with E-state index in [1.54, 1.807) is 6.07 Å². The second kappa shape index (κ2) is 8.03. The second-order valence-corrected chi connectivity index (χ2v) is 12.8. The van der Waals surface area contributed by atoms with Gasteiger partial charge in [-0.15, -0.1) is 29.8 Å². The molecule has 1 aromatic heterocycles. The van der Waals surface area contributed by atoms with E-state index in [0.29, 0.717) is 0 Å². The molecule has 0 aliphatic heterocycles. The van der Waals surface area contributed by atoms with Crippen molar-refractivity contribution in [1.82, 2.24) is 4.98 Å². The molecule has 1 aromatic carbocycles. The van der Waals surface area contributed by atoms with Crippen LogP contribution in [0.3, 0.4) is 0 Å². The van der Waals surface area contributed by atoms with Crippen LogP contribution in [0.4, 0.5) is 4.39 Å². The van der Waals surface area contributed by atoms with E-state index in [1.165, 1.54) is 48.6 Å². The normalized spacial score (nSPS) is 15.3. The predicted molar refractivity (Wildman–Crippen MR) is 97.1 cm³/mol. The summed E-state index contributed by atoms with van der Waals surface area (Å²) in [6.45, 7) is 7.14. The Morgan fingerprint density at radius 1 is 1.21 bits per heavy atom. The minimum absolute atomic E-state index is 0. The smallest absolute Gasteiger partial charge is 0.0798 e. The first-order valence-corrected chi connectivity index (χ1v) is 12.1. The first kappa shape index (κ1) is 19.5. The van der Waals surface area contributed by atoms with E-state index in [2.05, 4.69) is 43.0 Å². The van der Waals surface area contributed by atoms with Crippen LogP contribution in [-0.4, -0.2) is 13.1 Å². The quantitative estimate of drug-likeness (QED) is 0.412. The summed E-state index contributed by atoms with van der Waals surface area (Å²) in [5.41, 5.74) is 3.25. The van der Waals surface area contributed by atoms with Crippen LogP contribution in [-0.2, 0) is 26.5 Å². The number of benzene rings is 1. The molecule has 0 atom stereocenters. The fourth-order valence-electron chi connectivity index (χ4n) is 3.58. The Morgan fingerprint density at radius 2 is 1.92 bits per heavy atom. The molecule has 0 spiro atoms. The first-order chi connectivity index (χ1) is 10.9. The third-order valence-corrected chi connectivity index (χ3v) is 6.90. The Bertz CT molecular complexity index is 673. The maximum atomic E-state index is 13.1. The van der Waals surface area contributed by atoms with Crippen molar-refractivity contribution >= 4 is 13.3 Å². The Kier molecular flexibility index (Phi) is 6.52. The van der Waals surface area contributed by atoms with Gasteiger partial charge in [0, 0.05) is 32.1 Å². The number of hydrogen-bond acceptors (Lipinski definition) is 1. The molecule has 0 saturated heterocycles. The van der Waals surface area contributed by atoms with Gasteiger partial charge in [-0.1, -0.05) is 57.0 Å². The molecule has 1 saturated carbocycles. The number of nitrogens with zero attached hydrogens (tertiary/aromatic N) is 1. The molecule has 2 aromatic rings. The van der Waals surface area contributed by atoms with Crippen LogP contribution in [0.5, 0.6) is 0 Å². The average molecular weight is 519 g/mol. The van der Waals surface area contributed by atoms with E-state index in [-0.39, 0.29) is 25.9 Å². The maximum absolute atomic E-state index is 13.1. The zero-order valence-electron chi connectivity index (χ0n) is 14.7. The van der Waals surface area contributed by atoms with Crippen molar-refractivity contribution in [2.75, 3.05) is 0 Å². The summed E-state index contributed by atoms with van der Waals surface area (Å²) >= 11 is 0. The van der Waals surface area contributed by atoms with Gasteiger partial charge in [-0.2, -0.15) is 0 Å². The molecule has 1 aliphatic rings. The van der Waals surface area contributed by atoms with Crippen LogP contribution >= 0.6 is 0 Å². The average Bonchev–Trinajstić information content (AvgIpc) is 3.00. The topological polar surface area (TPSA) is 12.9 Å². The van der Waals surface area contributed by atoms with Crippen LogP contribution < -0.4 is 5.19 Å². The van der Waals surface area contributed by atoms with Crippen LogP contribution in [0.15, 0.2) is 30.5 Å². The molecule has 0 bridgehead atoms. The van der Waals surface area contributed by atoms with E-state index >= 15 is 0 Å². The van der Waals surface area contributed by atoms with Crippen LogP contribution in [0.1, 0.15) is 31.2 Å². The SMILES string of the molecule is C[Si](C)(C)c1cnc(-c2[c-]cc(F)cc2)cc1CC1CCCC1.[Ir]. The molecule has 1 nitrogen and oxygen atoms in total. The molecular weight excluding hydrogens is 494 g/mol. The summed E-state index contributed by atoms with van der Waals surface area (Å²) in [7, 11) is -1.42. The summed E-state index contributed by atoms with van der Waals surface area (Å²) in [5, 5.41) is 1.47. The minimum Gasteiger partial charge on any atom is -0.305 e. The minimum atomic E-state index is -1.42. The van der Waals surface area contributed by atoms with Crippen molar-refractivity contribution in [1.29, 1.82) is 0 Å². The van der Waals surface area contributed by atoms with Gasteiger partial charge in [0.1, 0.15) is 0 Å². The van der Waals surface area contributed by atoms with E-state index < -0.39 is 8.07 Å². The third-order valence-electron chi connectivity index (χ3n) is 4.83. The third kappa shape index (κ3) is 4.62. The first-order valence-electron chi connectivity index (χ1n) is 8.60. The van der Waals surface area contributed by atoms with Gasteiger partial charge in [-0.05, 0) is 23.2 Å². The molecule has 3 rings (SSSR count). The Morgan fingerprint density at radius 3 is 2.50 bits per heavy atom. The molecule has 0 unspecified atom stereocenters. The summed E-state index contributed by atoms with van der Waals surface area (Å²) in [6, 6.07) is 9.88. The molecule has 131 valence electrons. The Labute approximate surface area is 159 Å². The molecule has 0 N–H and O–H groups in total. The Balaban J connectivity index is 0.00000208. The van der Waals surface area contributed by atoms with E-state index in [9.17, 15) is 4.39 Å². The summed E-state index contributed by atoms with van der Waals surface area (Å²) < 4.78 is 13.1. The predicted octanol–water partition coefficient (Wildman–Crippen LogP) is 4.96. The summed E-state index contributed by atoms with van der Waals surface area (Å²) in [6.07, 6.45) is 8.68. The van der Waals surface area contributed by atoms with Gasteiger partial charge in [0.15, 0.2) is 0 Å². The zero-order valence-corrected chi connectivity index (χ0v) is 18.1. The standard InChI is InChI=1S/C20H25FNSi.Ir/c1-23(2,3)20-14-22-19(16-8-10-18(21)11-9-16)13-17(20)12-15-6-4-5-7-15;/h8,10-11,13-15H,4-7,12H2,1-3H3;/q-1;. The molecule has 1 aliphatic carbocycles. The van der Waals surface area contributed by atoms with Crippen LogP contribution in [0, 0.1) is 17.8 Å². The van der Waals surface area contributed by atoms with E-state index in [4.69, 9.17) is 0 Å². The molecule has 4 heteroatoms. The Hall–Kier alpha value is -0.834. The molecule has 1 radical (unpaired) electrons. The van der Waals surface area contributed by atoms with E-state index in [0.717, 1.165) is 23.6 Å². The van der Waals surface area contributed by atoms with Crippen LogP contribution in [0.25, 0.3) is 11.3 Å². The fourth-order valence-corrected chi connectivity index (χ4v) is 5.17. The number of pyridine rings is 1. The number of rotatable bonds is 4. The zero-order chi connectivity index (χ0) is 16.4. The largest absolute Gasteiger partial charge is 0.305 e. The number of hydrogen-bond donors (Lipinski definition) is 0. The number of halogens is 1. The van der Waals surface area contributed by atoms with Crippen LogP contribution in [0.2, 0.25) is 19.6 Å². The van der Waals surface area contributed by atoms with Crippen molar-refractivity contribution in [3.8, 4) is 11.3 Å². The van der Waals surface area contributed by atoms with Gasteiger partial charge >= 0.3 is 0 Å². The molecule has 0 amide bonds. The van der Waals surface area contributed by atoms with Gasteiger partial charge in [-0.3, -0.25) is 4.39 Å². The van der Waals surface area contributed by atoms with E-state index in [1.807, 2.05) is 0 Å². The van der Waals surface area contributed by atoms with Crippen molar-refractivity contribution < 1.29 is 24.5 Å². The summed E-state index contributed by atoms with van der Waals surface area (Å²) in [5.74, 6) is 0.566. The van der Waals surface area contributed by atoms with Crippen molar-refractivity contribution in [3.63, 3.8) is 0 Å². The van der Waals surface area contributed by atoms with Gasteiger partial charge in [0.25, 0.3) is 0 Å². The van der Waals surface area contributed by atoms with Gasteiger partial charge in [0.2, 0.25) is 0 Å². The second-order valence-electron chi connectivity index (χ2n) is 7.75. The monoisotopic (exact) mass is 519 g/mol. The molecular formula is C20H25FIrNSi-. The number of aromatic nitrogens is 1. The van der Waals surface area contributed by atoms with Crippen molar-refractivity contribution in [2.45, 2.75) is 51.7 Å². The van der Waals surface area contributed by atoms with Crippen molar-refractivity contribution in [2.24, 2.45) is 5.92 Å².